The number of likely N-dealkylation sites (N-methyl/N-ethyl adjacent to an activating group) is 1. The van der Waals surface area contributed by atoms with E-state index in [0.717, 1.165) is 17.0 Å². The molecule has 4 nitrogen and oxygen atoms in total. The summed E-state index contributed by atoms with van der Waals surface area (Å²) >= 11 is 1.60. The Morgan fingerprint density at radius 3 is 3.09 bits per heavy atom. The molecule has 1 aromatic heterocycles. The second kappa shape index (κ2) is 6.66. The van der Waals surface area contributed by atoms with Gasteiger partial charge in [-0.3, -0.25) is 0 Å². The van der Waals surface area contributed by atoms with Crippen molar-refractivity contribution in [3.05, 3.63) is 52.2 Å². The zero-order valence-electron chi connectivity index (χ0n) is 13.2. The Labute approximate surface area is 139 Å². The first-order valence-corrected chi connectivity index (χ1v) is 8.59. The molecule has 0 unspecified atom stereocenters. The predicted octanol–water partition coefficient (Wildman–Crippen LogP) is 3.58. The fourth-order valence-corrected chi connectivity index (χ4v) is 3.47. The summed E-state index contributed by atoms with van der Waals surface area (Å²) in [6.07, 6.45) is 2.65. The number of urea groups is 1. The molecular weight excluding hydrogens is 313 g/mol. The van der Waals surface area contributed by atoms with E-state index in [0.29, 0.717) is 6.54 Å². The van der Waals surface area contributed by atoms with Crippen molar-refractivity contribution in [2.75, 3.05) is 13.6 Å². The summed E-state index contributed by atoms with van der Waals surface area (Å²) in [4.78, 5) is 18.2. The van der Waals surface area contributed by atoms with Gasteiger partial charge in [-0.15, -0.1) is 11.3 Å². The zero-order valence-corrected chi connectivity index (χ0v) is 14.0. The smallest absolute Gasteiger partial charge is 0.317 e. The molecule has 1 N–H and O–H groups in total. The van der Waals surface area contributed by atoms with Crippen LogP contribution in [0, 0.1) is 5.82 Å². The Bertz CT molecular complexity index is 676. The van der Waals surface area contributed by atoms with Gasteiger partial charge in [0.1, 0.15) is 5.82 Å². The zero-order chi connectivity index (χ0) is 16.4. The highest BCUT2D eigenvalue weighted by atomic mass is 32.1. The van der Waals surface area contributed by atoms with E-state index in [1.54, 1.807) is 41.6 Å². The lowest BCUT2D eigenvalue weighted by atomic mass is 10.1. The topological polar surface area (TPSA) is 45.2 Å². The third-order valence-electron chi connectivity index (χ3n) is 4.14. The Morgan fingerprint density at radius 1 is 1.57 bits per heavy atom. The molecule has 0 spiro atoms. The molecular formula is C17H20FN3OS. The molecule has 23 heavy (non-hydrogen) atoms. The van der Waals surface area contributed by atoms with Crippen molar-refractivity contribution >= 4 is 17.4 Å². The van der Waals surface area contributed by atoms with Crippen LogP contribution in [0.15, 0.2) is 35.8 Å². The minimum atomic E-state index is -0.228. The molecule has 3 rings (SSSR count). The highest BCUT2D eigenvalue weighted by Crippen LogP contribution is 2.41. The maximum atomic E-state index is 13.3. The number of carbonyl (C=O) groups is 1. The lowest BCUT2D eigenvalue weighted by Crippen LogP contribution is -2.40. The van der Waals surface area contributed by atoms with E-state index in [1.165, 1.54) is 6.07 Å². The number of rotatable bonds is 5. The highest BCUT2D eigenvalue weighted by Gasteiger charge is 2.40. The molecule has 2 amide bonds. The SMILES string of the molecule is C[C@H](CN(C)C(=O)N[C@@H]1C[C@@H]1c1cccc(F)c1)c1nccs1. The number of carbonyl (C=O) groups excluding carboxylic acids is 1. The highest BCUT2D eigenvalue weighted by molar-refractivity contribution is 7.09. The van der Waals surface area contributed by atoms with Crippen molar-refractivity contribution in [2.45, 2.75) is 31.2 Å². The number of hydrogen-bond acceptors (Lipinski definition) is 3. The van der Waals surface area contributed by atoms with Crippen molar-refractivity contribution in [2.24, 2.45) is 0 Å². The van der Waals surface area contributed by atoms with Gasteiger partial charge in [-0.05, 0) is 24.1 Å². The number of hydrogen-bond donors (Lipinski definition) is 1. The molecule has 1 aromatic carbocycles. The summed E-state index contributed by atoms with van der Waals surface area (Å²) in [5, 5.41) is 6.00. The molecule has 0 aliphatic heterocycles. The van der Waals surface area contributed by atoms with Crippen LogP contribution >= 0.6 is 11.3 Å². The van der Waals surface area contributed by atoms with E-state index in [1.807, 2.05) is 11.4 Å². The molecule has 1 saturated carbocycles. The molecule has 2 aromatic rings. The molecule has 1 aliphatic carbocycles. The van der Waals surface area contributed by atoms with Crippen LogP contribution in [0.4, 0.5) is 9.18 Å². The van der Waals surface area contributed by atoms with E-state index in [-0.39, 0.29) is 29.7 Å². The van der Waals surface area contributed by atoms with Gasteiger partial charge in [-0.25, -0.2) is 14.2 Å². The molecule has 1 fully saturated rings. The van der Waals surface area contributed by atoms with Crippen molar-refractivity contribution in [1.29, 1.82) is 0 Å². The Hall–Kier alpha value is -1.95. The molecule has 1 heterocycles. The first-order valence-electron chi connectivity index (χ1n) is 7.71. The van der Waals surface area contributed by atoms with Crippen LogP contribution < -0.4 is 5.32 Å². The van der Waals surface area contributed by atoms with Gasteiger partial charge in [0.2, 0.25) is 0 Å². The standard InChI is InChI=1S/C17H20FN3OS/c1-11(16-19-6-7-23-16)10-21(2)17(22)20-15-9-14(15)12-4-3-5-13(18)8-12/h3-8,11,14-15H,9-10H2,1-2H3,(H,20,22)/t11-,14-,15-/m1/s1. The van der Waals surface area contributed by atoms with E-state index in [2.05, 4.69) is 17.2 Å². The number of nitrogens with zero attached hydrogens (tertiary/aromatic N) is 2. The lowest BCUT2D eigenvalue weighted by molar-refractivity contribution is 0.206. The second-order valence-electron chi connectivity index (χ2n) is 6.11. The van der Waals surface area contributed by atoms with Crippen molar-refractivity contribution in [3.8, 4) is 0 Å². The van der Waals surface area contributed by atoms with E-state index >= 15 is 0 Å². The van der Waals surface area contributed by atoms with E-state index in [4.69, 9.17) is 0 Å². The molecule has 122 valence electrons. The maximum Gasteiger partial charge on any atom is 0.317 e. The molecule has 1 aliphatic rings. The largest absolute Gasteiger partial charge is 0.335 e. The lowest BCUT2D eigenvalue weighted by Gasteiger charge is -2.21. The first-order chi connectivity index (χ1) is 11.0. The maximum absolute atomic E-state index is 13.3. The van der Waals surface area contributed by atoms with Crippen LogP contribution in [-0.2, 0) is 0 Å². The number of halogens is 1. The van der Waals surface area contributed by atoms with Crippen molar-refractivity contribution in [1.82, 2.24) is 15.2 Å². The van der Waals surface area contributed by atoms with Crippen molar-refractivity contribution in [3.63, 3.8) is 0 Å². The molecule has 0 radical (unpaired) electrons. The Morgan fingerprint density at radius 2 is 2.39 bits per heavy atom. The number of thiazole rings is 1. The van der Waals surface area contributed by atoms with Gasteiger partial charge in [-0.1, -0.05) is 19.1 Å². The number of benzene rings is 1. The van der Waals surface area contributed by atoms with Gasteiger partial charge in [0, 0.05) is 43.0 Å². The van der Waals surface area contributed by atoms with Crippen LogP contribution in [-0.4, -0.2) is 35.5 Å². The average Bonchev–Trinajstić information content (AvgIpc) is 3.07. The number of amides is 2. The van der Waals surface area contributed by atoms with Gasteiger partial charge in [0.25, 0.3) is 0 Å². The van der Waals surface area contributed by atoms with Gasteiger partial charge < -0.3 is 10.2 Å². The third-order valence-corrected chi connectivity index (χ3v) is 5.15. The Balaban J connectivity index is 1.50. The first kappa shape index (κ1) is 15.9. The normalized spacial score (nSPS) is 20.8. The van der Waals surface area contributed by atoms with Crippen LogP contribution in [0.25, 0.3) is 0 Å². The van der Waals surface area contributed by atoms with Crippen LogP contribution in [0.1, 0.15) is 35.8 Å². The minimum absolute atomic E-state index is 0.0858. The second-order valence-corrected chi connectivity index (χ2v) is 7.03. The average molecular weight is 333 g/mol. The van der Waals surface area contributed by atoms with Gasteiger partial charge in [0.05, 0.1) is 5.01 Å². The number of aromatic nitrogens is 1. The van der Waals surface area contributed by atoms with Crippen LogP contribution in [0.5, 0.6) is 0 Å². The summed E-state index contributed by atoms with van der Waals surface area (Å²) < 4.78 is 13.3. The fraction of sp³-hybridized carbons (Fsp3) is 0.412. The summed E-state index contributed by atoms with van der Waals surface area (Å²) in [5.41, 5.74) is 0.953. The van der Waals surface area contributed by atoms with Crippen molar-refractivity contribution < 1.29 is 9.18 Å². The molecule has 6 heteroatoms. The van der Waals surface area contributed by atoms with E-state index < -0.39 is 0 Å². The Kier molecular flexibility index (Phi) is 4.61. The van der Waals surface area contributed by atoms with Gasteiger partial charge >= 0.3 is 6.03 Å². The summed E-state index contributed by atoms with van der Waals surface area (Å²) in [7, 11) is 1.79. The van der Waals surface area contributed by atoms with E-state index in [9.17, 15) is 9.18 Å². The number of nitrogens with one attached hydrogen (secondary N) is 1. The van der Waals surface area contributed by atoms with Crippen LogP contribution in [0.3, 0.4) is 0 Å². The molecule has 0 bridgehead atoms. The van der Waals surface area contributed by atoms with Gasteiger partial charge in [-0.2, -0.15) is 0 Å². The quantitative estimate of drug-likeness (QED) is 0.909. The summed E-state index contributed by atoms with van der Waals surface area (Å²) in [5.74, 6) is 0.206. The predicted molar refractivity (Wildman–Crippen MR) is 89.2 cm³/mol. The fourth-order valence-electron chi connectivity index (χ4n) is 2.78. The summed E-state index contributed by atoms with van der Waals surface area (Å²) in [6, 6.07) is 6.62. The third kappa shape index (κ3) is 3.88. The molecule has 0 saturated heterocycles. The minimum Gasteiger partial charge on any atom is -0.335 e. The molecule has 3 atom stereocenters. The van der Waals surface area contributed by atoms with Crippen LogP contribution in [0.2, 0.25) is 0 Å². The monoisotopic (exact) mass is 333 g/mol. The van der Waals surface area contributed by atoms with Gasteiger partial charge in [0.15, 0.2) is 0 Å². The summed E-state index contributed by atoms with van der Waals surface area (Å²) in [6.45, 7) is 2.69.